The summed E-state index contributed by atoms with van der Waals surface area (Å²) in [4.78, 5) is 5.17. The zero-order chi connectivity index (χ0) is 15.3. The van der Waals surface area contributed by atoms with Gasteiger partial charge in [-0.1, -0.05) is 13.8 Å². The lowest BCUT2D eigenvalue weighted by atomic mass is 9.81. The molecule has 132 valence electrons. The minimum Gasteiger partial charge on any atom is -0.383 e. The fourth-order valence-corrected chi connectivity index (χ4v) is 3.89. The Kier molecular flexibility index (Phi) is 8.65. The maximum Gasteiger partial charge on any atom is 0.0589 e. The Morgan fingerprint density at radius 3 is 2.50 bits per heavy atom. The van der Waals surface area contributed by atoms with Gasteiger partial charge in [0.2, 0.25) is 0 Å². The number of likely N-dealkylation sites (N-methyl/N-ethyl adjacent to an activating group) is 1. The fraction of sp³-hybridized carbons (Fsp3) is 1.00. The summed E-state index contributed by atoms with van der Waals surface area (Å²) in [6.07, 6.45) is 4.03. The maximum atomic E-state index is 5.15. The topological polar surface area (TPSA) is 27.7 Å². The highest BCUT2D eigenvalue weighted by molar-refractivity contribution is 5.85. The molecule has 0 aromatic rings. The number of nitrogens with one attached hydrogen (secondary N) is 1. The third-order valence-corrected chi connectivity index (χ3v) is 5.42. The highest BCUT2D eigenvalue weighted by Crippen LogP contribution is 2.36. The van der Waals surface area contributed by atoms with Gasteiger partial charge in [-0.3, -0.25) is 4.90 Å². The van der Waals surface area contributed by atoms with E-state index >= 15 is 0 Å². The standard InChI is InChI=1S/C17H35N3O.ClH/c1-15(2)16(6-5-8-19(3)10-11-21-4)20-9-7-17(14-20)12-18-13-17;/h15-16,18H,5-14H2,1-4H3;1H. The van der Waals surface area contributed by atoms with Crippen LogP contribution in [0.25, 0.3) is 0 Å². The Labute approximate surface area is 143 Å². The summed E-state index contributed by atoms with van der Waals surface area (Å²) >= 11 is 0. The summed E-state index contributed by atoms with van der Waals surface area (Å²) in [5, 5.41) is 3.47. The van der Waals surface area contributed by atoms with Crippen molar-refractivity contribution < 1.29 is 4.74 Å². The van der Waals surface area contributed by atoms with Gasteiger partial charge in [0.05, 0.1) is 6.61 Å². The molecule has 22 heavy (non-hydrogen) atoms. The van der Waals surface area contributed by atoms with E-state index in [1.54, 1.807) is 7.11 Å². The predicted octanol–water partition coefficient (Wildman–Crippen LogP) is 2.09. The Morgan fingerprint density at radius 1 is 1.27 bits per heavy atom. The number of hydrogen-bond donors (Lipinski definition) is 1. The first-order valence-electron chi connectivity index (χ1n) is 8.68. The van der Waals surface area contributed by atoms with Crippen LogP contribution in [0.2, 0.25) is 0 Å². The van der Waals surface area contributed by atoms with Crippen LogP contribution in [-0.2, 0) is 4.74 Å². The lowest BCUT2D eigenvalue weighted by Crippen LogP contribution is -2.55. The number of likely N-dealkylation sites (tertiary alicyclic amines) is 1. The predicted molar refractivity (Wildman–Crippen MR) is 96.0 cm³/mol. The van der Waals surface area contributed by atoms with Crippen LogP contribution in [0.5, 0.6) is 0 Å². The van der Waals surface area contributed by atoms with Gasteiger partial charge in [0, 0.05) is 44.7 Å². The molecule has 2 rings (SSSR count). The lowest BCUT2D eigenvalue weighted by molar-refractivity contribution is 0.119. The molecule has 2 fully saturated rings. The molecule has 0 bridgehead atoms. The molecule has 2 saturated heterocycles. The summed E-state index contributed by atoms with van der Waals surface area (Å²) in [6.45, 7) is 13.0. The number of methoxy groups -OCH3 is 1. The van der Waals surface area contributed by atoms with Gasteiger partial charge in [-0.05, 0) is 45.3 Å². The van der Waals surface area contributed by atoms with Crippen LogP contribution in [0.15, 0.2) is 0 Å². The van der Waals surface area contributed by atoms with E-state index in [4.69, 9.17) is 4.74 Å². The minimum atomic E-state index is 0. The number of hydrogen-bond acceptors (Lipinski definition) is 4. The first kappa shape index (κ1) is 20.2. The monoisotopic (exact) mass is 333 g/mol. The van der Waals surface area contributed by atoms with Gasteiger partial charge in [-0.25, -0.2) is 0 Å². The van der Waals surface area contributed by atoms with E-state index < -0.39 is 0 Å². The second kappa shape index (κ2) is 9.43. The molecule has 4 nitrogen and oxygen atoms in total. The van der Waals surface area contributed by atoms with Crippen LogP contribution in [0.4, 0.5) is 0 Å². The second-order valence-electron chi connectivity index (χ2n) is 7.57. The molecule has 0 aliphatic carbocycles. The van der Waals surface area contributed by atoms with Crippen LogP contribution in [0, 0.1) is 11.3 Å². The molecular formula is C17H36ClN3O. The summed E-state index contributed by atoms with van der Waals surface area (Å²) in [6, 6.07) is 0.765. The van der Waals surface area contributed by atoms with Crippen LogP contribution < -0.4 is 5.32 Å². The summed E-state index contributed by atoms with van der Waals surface area (Å²) in [7, 11) is 3.98. The quantitative estimate of drug-likeness (QED) is 0.699. The van der Waals surface area contributed by atoms with E-state index in [0.29, 0.717) is 5.41 Å². The van der Waals surface area contributed by atoms with E-state index in [0.717, 1.165) is 25.1 Å². The van der Waals surface area contributed by atoms with Crippen LogP contribution in [0.1, 0.15) is 33.1 Å². The molecule has 1 N–H and O–H groups in total. The van der Waals surface area contributed by atoms with E-state index in [2.05, 4.69) is 36.0 Å². The van der Waals surface area contributed by atoms with Gasteiger partial charge in [-0.2, -0.15) is 0 Å². The second-order valence-corrected chi connectivity index (χ2v) is 7.57. The van der Waals surface area contributed by atoms with Gasteiger partial charge >= 0.3 is 0 Å². The molecule has 1 spiro atoms. The molecule has 2 aliphatic rings. The zero-order valence-electron chi connectivity index (χ0n) is 14.9. The molecule has 0 aromatic heterocycles. The molecule has 2 aliphatic heterocycles. The average molecular weight is 334 g/mol. The molecular weight excluding hydrogens is 298 g/mol. The normalized spacial score (nSPS) is 22.1. The van der Waals surface area contributed by atoms with E-state index in [9.17, 15) is 0 Å². The zero-order valence-corrected chi connectivity index (χ0v) is 15.8. The molecule has 0 amide bonds. The Balaban J connectivity index is 0.00000242. The Morgan fingerprint density at radius 2 is 2.00 bits per heavy atom. The van der Waals surface area contributed by atoms with Crippen LogP contribution in [-0.4, -0.2) is 75.9 Å². The van der Waals surface area contributed by atoms with Gasteiger partial charge in [-0.15, -0.1) is 12.4 Å². The van der Waals surface area contributed by atoms with E-state index in [-0.39, 0.29) is 12.4 Å². The fourth-order valence-electron chi connectivity index (χ4n) is 3.89. The largest absolute Gasteiger partial charge is 0.383 e. The van der Waals surface area contributed by atoms with Crippen molar-refractivity contribution in [3.63, 3.8) is 0 Å². The Bertz CT molecular complexity index is 310. The average Bonchev–Trinajstić information content (AvgIpc) is 2.86. The van der Waals surface area contributed by atoms with Crippen molar-refractivity contribution in [1.82, 2.24) is 15.1 Å². The van der Waals surface area contributed by atoms with E-state index in [1.165, 1.54) is 52.0 Å². The maximum absolute atomic E-state index is 5.15. The molecule has 0 aromatic carbocycles. The number of rotatable bonds is 9. The van der Waals surface area contributed by atoms with Gasteiger partial charge in [0.15, 0.2) is 0 Å². The van der Waals surface area contributed by atoms with Crippen molar-refractivity contribution in [1.29, 1.82) is 0 Å². The molecule has 0 radical (unpaired) electrons. The lowest BCUT2D eigenvalue weighted by Gasteiger charge is -2.41. The van der Waals surface area contributed by atoms with Crippen LogP contribution in [0.3, 0.4) is 0 Å². The van der Waals surface area contributed by atoms with Crippen molar-refractivity contribution in [2.45, 2.75) is 39.2 Å². The molecule has 2 heterocycles. The SMILES string of the molecule is COCCN(C)CCCC(C(C)C)N1CCC2(CNC2)C1.Cl. The van der Waals surface area contributed by atoms with Crippen molar-refractivity contribution in [3.05, 3.63) is 0 Å². The first-order chi connectivity index (χ1) is 10.1. The van der Waals surface area contributed by atoms with Crippen molar-refractivity contribution in [3.8, 4) is 0 Å². The van der Waals surface area contributed by atoms with Gasteiger partial charge < -0.3 is 15.0 Å². The molecule has 1 unspecified atom stereocenters. The molecule has 1 atom stereocenters. The Hall–Kier alpha value is 0.130. The summed E-state index contributed by atoms with van der Waals surface area (Å²) in [5.41, 5.74) is 0.627. The van der Waals surface area contributed by atoms with Gasteiger partial charge in [0.1, 0.15) is 0 Å². The smallest absolute Gasteiger partial charge is 0.0589 e. The third-order valence-electron chi connectivity index (χ3n) is 5.42. The third kappa shape index (κ3) is 5.34. The number of ether oxygens (including phenoxy) is 1. The molecule has 0 saturated carbocycles. The van der Waals surface area contributed by atoms with Crippen molar-refractivity contribution in [2.75, 3.05) is 60.0 Å². The number of halogens is 1. The van der Waals surface area contributed by atoms with Crippen LogP contribution >= 0.6 is 12.4 Å². The summed E-state index contributed by atoms with van der Waals surface area (Å²) < 4.78 is 5.15. The van der Waals surface area contributed by atoms with Gasteiger partial charge in [0.25, 0.3) is 0 Å². The van der Waals surface area contributed by atoms with Crippen molar-refractivity contribution in [2.24, 2.45) is 11.3 Å². The van der Waals surface area contributed by atoms with E-state index in [1.807, 2.05) is 0 Å². The highest BCUT2D eigenvalue weighted by Gasteiger charge is 2.44. The highest BCUT2D eigenvalue weighted by atomic mass is 35.5. The number of nitrogens with zero attached hydrogens (tertiary/aromatic N) is 2. The molecule has 5 heteroatoms. The first-order valence-corrected chi connectivity index (χ1v) is 8.68. The van der Waals surface area contributed by atoms with Crippen molar-refractivity contribution >= 4 is 12.4 Å². The summed E-state index contributed by atoms with van der Waals surface area (Å²) in [5.74, 6) is 0.762. The minimum absolute atomic E-state index is 0.